The normalized spacial score (nSPS) is 28.4. The highest BCUT2D eigenvalue weighted by molar-refractivity contribution is 5.14. The number of hydrogen-bond acceptors (Lipinski definition) is 2. The fourth-order valence-corrected chi connectivity index (χ4v) is 2.38. The summed E-state index contributed by atoms with van der Waals surface area (Å²) < 4.78 is 0. The molecule has 2 atom stereocenters. The van der Waals surface area contributed by atoms with Gasteiger partial charge in [0, 0.05) is 24.5 Å². The number of aromatic amines is 1. The summed E-state index contributed by atoms with van der Waals surface area (Å²) >= 11 is 0. The first-order valence-corrected chi connectivity index (χ1v) is 5.46. The Balaban J connectivity index is 2.13. The zero-order chi connectivity index (χ0) is 9.97. The molecule has 1 aromatic heterocycles. The minimum atomic E-state index is 0.292. The van der Waals surface area contributed by atoms with Gasteiger partial charge in [-0.25, -0.2) is 0 Å². The Morgan fingerprint density at radius 2 is 2.50 bits per heavy atom. The van der Waals surface area contributed by atoms with E-state index in [0.29, 0.717) is 12.1 Å². The lowest BCUT2D eigenvalue weighted by Gasteiger charge is -2.25. The van der Waals surface area contributed by atoms with Crippen LogP contribution in [0.3, 0.4) is 0 Å². The summed E-state index contributed by atoms with van der Waals surface area (Å²) in [4.78, 5) is 5.76. The van der Waals surface area contributed by atoms with E-state index < -0.39 is 0 Å². The van der Waals surface area contributed by atoms with Crippen molar-refractivity contribution in [3.8, 4) is 0 Å². The number of nitrogens with one attached hydrogen (secondary N) is 1. The van der Waals surface area contributed by atoms with Gasteiger partial charge in [0.2, 0.25) is 0 Å². The minimum Gasteiger partial charge on any atom is -0.364 e. The number of hydrogen-bond donors (Lipinski definition) is 2. The van der Waals surface area contributed by atoms with Crippen molar-refractivity contribution < 1.29 is 0 Å². The average Bonchev–Trinajstić information content (AvgIpc) is 2.76. The summed E-state index contributed by atoms with van der Waals surface area (Å²) in [7, 11) is 0. The van der Waals surface area contributed by atoms with Crippen molar-refractivity contribution in [1.29, 1.82) is 0 Å². The summed E-state index contributed by atoms with van der Waals surface area (Å²) in [6, 6.07) is 4.88. The van der Waals surface area contributed by atoms with Crippen molar-refractivity contribution in [3.63, 3.8) is 0 Å². The topological polar surface area (TPSA) is 45.0 Å². The Morgan fingerprint density at radius 1 is 1.64 bits per heavy atom. The molecule has 1 aliphatic heterocycles. The molecule has 78 valence electrons. The molecule has 3 nitrogen and oxygen atoms in total. The van der Waals surface area contributed by atoms with Gasteiger partial charge in [0.05, 0.1) is 6.04 Å². The quantitative estimate of drug-likeness (QED) is 0.764. The molecule has 14 heavy (non-hydrogen) atoms. The largest absolute Gasteiger partial charge is 0.364 e. The first kappa shape index (κ1) is 9.74. The van der Waals surface area contributed by atoms with Gasteiger partial charge in [-0.05, 0) is 31.5 Å². The zero-order valence-electron chi connectivity index (χ0n) is 8.74. The van der Waals surface area contributed by atoms with Crippen LogP contribution in [0.5, 0.6) is 0 Å². The molecule has 0 aliphatic carbocycles. The second-order valence-electron chi connectivity index (χ2n) is 4.06. The molecule has 1 fully saturated rings. The monoisotopic (exact) mass is 193 g/mol. The van der Waals surface area contributed by atoms with E-state index in [4.69, 9.17) is 5.73 Å². The predicted octanol–water partition coefficient (Wildman–Crippen LogP) is 1.50. The second kappa shape index (κ2) is 4.15. The number of nitrogens with zero attached hydrogens (tertiary/aromatic N) is 1. The molecule has 0 amide bonds. The van der Waals surface area contributed by atoms with Gasteiger partial charge in [-0.2, -0.15) is 0 Å². The maximum atomic E-state index is 6.13. The van der Waals surface area contributed by atoms with Crippen LogP contribution in [-0.4, -0.2) is 29.0 Å². The van der Waals surface area contributed by atoms with E-state index in [1.54, 1.807) is 0 Å². The molecule has 3 heteroatoms. The maximum Gasteiger partial charge on any atom is 0.0651 e. The van der Waals surface area contributed by atoms with Gasteiger partial charge < -0.3 is 10.7 Å². The molecule has 0 radical (unpaired) electrons. The Bertz CT molecular complexity index is 266. The Labute approximate surface area is 85.3 Å². The molecule has 0 bridgehead atoms. The van der Waals surface area contributed by atoms with Crippen LogP contribution in [0.15, 0.2) is 18.3 Å². The first-order valence-electron chi connectivity index (χ1n) is 5.46. The van der Waals surface area contributed by atoms with Gasteiger partial charge in [0.25, 0.3) is 0 Å². The molecule has 2 rings (SSSR count). The molecule has 1 aromatic rings. The molecule has 0 aromatic carbocycles. The summed E-state index contributed by atoms with van der Waals surface area (Å²) in [6.45, 7) is 4.51. The van der Waals surface area contributed by atoms with Crippen LogP contribution in [0.1, 0.15) is 31.5 Å². The summed E-state index contributed by atoms with van der Waals surface area (Å²) in [5.74, 6) is 0. The Hall–Kier alpha value is -0.800. The van der Waals surface area contributed by atoms with Crippen molar-refractivity contribution >= 4 is 0 Å². The Morgan fingerprint density at radius 3 is 3.14 bits per heavy atom. The Kier molecular flexibility index (Phi) is 2.89. The first-order chi connectivity index (χ1) is 6.83. The lowest BCUT2D eigenvalue weighted by atomic mass is 10.1. The van der Waals surface area contributed by atoms with E-state index in [-0.39, 0.29) is 0 Å². The third kappa shape index (κ3) is 1.70. The SMILES string of the molecule is CCCN1CC[C@@H](N)[C@@H]1c1ccc[nH]1. The van der Waals surface area contributed by atoms with Crippen LogP contribution in [0.4, 0.5) is 0 Å². The summed E-state index contributed by atoms with van der Waals surface area (Å²) in [5, 5.41) is 0. The minimum absolute atomic E-state index is 0.292. The maximum absolute atomic E-state index is 6.13. The van der Waals surface area contributed by atoms with Gasteiger partial charge in [0.15, 0.2) is 0 Å². The lowest BCUT2D eigenvalue weighted by molar-refractivity contribution is 0.244. The van der Waals surface area contributed by atoms with Crippen molar-refractivity contribution in [2.45, 2.75) is 31.8 Å². The highest BCUT2D eigenvalue weighted by Crippen LogP contribution is 2.29. The molecule has 1 aliphatic rings. The molecule has 3 N–H and O–H groups in total. The van der Waals surface area contributed by atoms with Crippen LogP contribution < -0.4 is 5.73 Å². The highest BCUT2D eigenvalue weighted by Gasteiger charge is 2.32. The van der Waals surface area contributed by atoms with E-state index >= 15 is 0 Å². The molecule has 0 unspecified atom stereocenters. The molecule has 0 spiro atoms. The van der Waals surface area contributed by atoms with Crippen LogP contribution in [0.25, 0.3) is 0 Å². The van der Waals surface area contributed by atoms with Crippen molar-refractivity contribution in [2.75, 3.05) is 13.1 Å². The molecule has 2 heterocycles. The van der Waals surface area contributed by atoms with Crippen LogP contribution in [-0.2, 0) is 0 Å². The number of aromatic nitrogens is 1. The van der Waals surface area contributed by atoms with E-state index in [2.05, 4.69) is 22.9 Å². The number of rotatable bonds is 3. The second-order valence-corrected chi connectivity index (χ2v) is 4.06. The third-order valence-corrected chi connectivity index (χ3v) is 3.00. The van der Waals surface area contributed by atoms with Crippen LogP contribution in [0.2, 0.25) is 0 Å². The van der Waals surface area contributed by atoms with Crippen molar-refractivity contribution in [3.05, 3.63) is 24.0 Å². The molecular weight excluding hydrogens is 174 g/mol. The fraction of sp³-hybridized carbons (Fsp3) is 0.636. The third-order valence-electron chi connectivity index (χ3n) is 3.00. The van der Waals surface area contributed by atoms with Crippen molar-refractivity contribution in [1.82, 2.24) is 9.88 Å². The van der Waals surface area contributed by atoms with Gasteiger partial charge in [-0.15, -0.1) is 0 Å². The smallest absolute Gasteiger partial charge is 0.0651 e. The summed E-state index contributed by atoms with van der Waals surface area (Å²) in [5.41, 5.74) is 7.40. The highest BCUT2D eigenvalue weighted by atomic mass is 15.2. The van der Waals surface area contributed by atoms with Crippen molar-refractivity contribution in [2.24, 2.45) is 5.73 Å². The fourth-order valence-electron chi connectivity index (χ4n) is 2.38. The molecule has 1 saturated heterocycles. The van der Waals surface area contributed by atoms with E-state index in [1.807, 2.05) is 12.3 Å². The zero-order valence-corrected chi connectivity index (χ0v) is 8.74. The average molecular weight is 193 g/mol. The van der Waals surface area contributed by atoms with Gasteiger partial charge >= 0.3 is 0 Å². The predicted molar refractivity (Wildman–Crippen MR) is 58.0 cm³/mol. The van der Waals surface area contributed by atoms with Gasteiger partial charge in [-0.1, -0.05) is 6.92 Å². The standard InChI is InChI=1S/C11H19N3/c1-2-7-14-8-5-9(12)11(14)10-4-3-6-13-10/h3-4,6,9,11,13H,2,5,7-8,12H2,1H3/t9-,11-/m1/s1. The lowest BCUT2D eigenvalue weighted by Crippen LogP contribution is -2.32. The van der Waals surface area contributed by atoms with Crippen LogP contribution >= 0.6 is 0 Å². The number of nitrogens with two attached hydrogens (primary N) is 1. The summed E-state index contributed by atoms with van der Waals surface area (Å²) in [6.07, 6.45) is 4.29. The number of H-pyrrole nitrogens is 1. The van der Waals surface area contributed by atoms with E-state index in [1.165, 1.54) is 12.1 Å². The molecule has 0 saturated carbocycles. The van der Waals surface area contributed by atoms with Gasteiger partial charge in [-0.3, -0.25) is 4.90 Å². The van der Waals surface area contributed by atoms with E-state index in [0.717, 1.165) is 19.5 Å². The van der Waals surface area contributed by atoms with E-state index in [9.17, 15) is 0 Å². The molecular formula is C11H19N3. The van der Waals surface area contributed by atoms with Gasteiger partial charge in [0.1, 0.15) is 0 Å². The van der Waals surface area contributed by atoms with Crippen LogP contribution in [0, 0.1) is 0 Å². The number of likely N-dealkylation sites (tertiary alicyclic amines) is 1.